The van der Waals surface area contributed by atoms with Crippen LogP contribution in [0.25, 0.3) is 0 Å². The van der Waals surface area contributed by atoms with Crippen LogP contribution in [0.5, 0.6) is 0 Å². The minimum atomic E-state index is -4.04. The Hall–Kier alpha value is -3.65. The molecule has 14 heteroatoms. The summed E-state index contributed by atoms with van der Waals surface area (Å²) in [5, 5.41) is 33.3. The fourth-order valence-corrected chi connectivity index (χ4v) is 5.10. The molecule has 1 fully saturated rings. The molecule has 0 spiro atoms. The molecule has 1 atom stereocenters. The van der Waals surface area contributed by atoms with Crippen molar-refractivity contribution in [3.63, 3.8) is 0 Å². The predicted octanol–water partition coefficient (Wildman–Crippen LogP) is 2.31. The molecule has 0 aromatic heterocycles. The van der Waals surface area contributed by atoms with Crippen LogP contribution in [0.4, 0.5) is 22.7 Å². The van der Waals surface area contributed by atoms with E-state index in [-0.39, 0.29) is 35.9 Å². The standard InChI is InChI=1S/C17H17N5O8S/c1-12-11-18(16-6-5-14(21(25)26)10-17(16)22(27)28)7-8-19(12)31(29,30)15-4-2-3-13(9-15)20(23)24/h2-6,9-10,12H,7-8,11H2,1H3/t12-/m1/s1. The zero-order chi connectivity index (χ0) is 22.9. The van der Waals surface area contributed by atoms with E-state index in [9.17, 15) is 38.8 Å². The molecule has 1 saturated heterocycles. The van der Waals surface area contributed by atoms with Gasteiger partial charge in [0.15, 0.2) is 0 Å². The number of nitro benzene ring substituents is 3. The van der Waals surface area contributed by atoms with Gasteiger partial charge in [0.1, 0.15) is 5.69 Å². The van der Waals surface area contributed by atoms with Gasteiger partial charge in [-0.3, -0.25) is 30.3 Å². The van der Waals surface area contributed by atoms with Crippen LogP contribution in [0.2, 0.25) is 0 Å². The Kier molecular flexibility index (Phi) is 5.85. The van der Waals surface area contributed by atoms with E-state index in [0.29, 0.717) is 0 Å². The van der Waals surface area contributed by atoms with Gasteiger partial charge in [-0.15, -0.1) is 0 Å². The molecule has 1 aliphatic heterocycles. The van der Waals surface area contributed by atoms with Gasteiger partial charge in [-0.2, -0.15) is 4.31 Å². The smallest absolute Gasteiger partial charge is 0.299 e. The summed E-state index contributed by atoms with van der Waals surface area (Å²) < 4.78 is 27.2. The largest absolute Gasteiger partial charge is 0.363 e. The monoisotopic (exact) mass is 451 g/mol. The maximum atomic E-state index is 13.0. The number of rotatable bonds is 6. The van der Waals surface area contributed by atoms with E-state index in [1.54, 1.807) is 11.8 Å². The number of hydrogen-bond donors (Lipinski definition) is 0. The van der Waals surface area contributed by atoms with Gasteiger partial charge in [-0.1, -0.05) is 6.07 Å². The number of nitrogens with zero attached hydrogens (tertiary/aromatic N) is 5. The Labute approximate surface area is 176 Å². The van der Waals surface area contributed by atoms with E-state index >= 15 is 0 Å². The lowest BCUT2D eigenvalue weighted by Gasteiger charge is -2.39. The molecular weight excluding hydrogens is 434 g/mol. The number of piperazine rings is 1. The van der Waals surface area contributed by atoms with Gasteiger partial charge in [0, 0.05) is 43.9 Å². The summed E-state index contributed by atoms with van der Waals surface area (Å²) in [6.07, 6.45) is 0. The summed E-state index contributed by atoms with van der Waals surface area (Å²) >= 11 is 0. The molecule has 0 amide bonds. The fraction of sp³-hybridized carbons (Fsp3) is 0.294. The summed E-state index contributed by atoms with van der Waals surface area (Å²) in [5.74, 6) is 0. The first-order valence-corrected chi connectivity index (χ1v) is 10.4. The number of nitro groups is 3. The van der Waals surface area contributed by atoms with E-state index in [4.69, 9.17) is 0 Å². The topological polar surface area (TPSA) is 170 Å². The maximum absolute atomic E-state index is 13.0. The molecule has 0 unspecified atom stereocenters. The molecule has 0 radical (unpaired) electrons. The van der Waals surface area contributed by atoms with Crippen LogP contribution >= 0.6 is 0 Å². The number of hydrogen-bond acceptors (Lipinski definition) is 9. The Balaban J connectivity index is 1.87. The minimum Gasteiger partial charge on any atom is -0.363 e. The third-order valence-corrected chi connectivity index (χ3v) is 6.92. The van der Waals surface area contributed by atoms with Crippen LogP contribution in [0, 0.1) is 30.3 Å². The van der Waals surface area contributed by atoms with E-state index < -0.39 is 42.2 Å². The SMILES string of the molecule is C[C@@H]1CN(c2ccc([N+](=O)[O-])cc2[N+](=O)[O-])CCN1S(=O)(=O)c1cccc([N+](=O)[O-])c1. The Bertz CT molecular complexity index is 1170. The molecule has 1 heterocycles. The van der Waals surface area contributed by atoms with Crippen LogP contribution in [-0.2, 0) is 10.0 Å². The third kappa shape index (κ3) is 4.29. The summed E-state index contributed by atoms with van der Waals surface area (Å²) in [6.45, 7) is 1.77. The highest BCUT2D eigenvalue weighted by atomic mass is 32.2. The van der Waals surface area contributed by atoms with E-state index in [2.05, 4.69) is 0 Å². The molecule has 0 N–H and O–H groups in total. The first-order valence-electron chi connectivity index (χ1n) is 8.96. The van der Waals surface area contributed by atoms with Crippen molar-refractivity contribution in [3.8, 4) is 0 Å². The zero-order valence-corrected chi connectivity index (χ0v) is 17.0. The Morgan fingerprint density at radius 3 is 2.13 bits per heavy atom. The van der Waals surface area contributed by atoms with Gasteiger partial charge in [-0.25, -0.2) is 8.42 Å². The van der Waals surface area contributed by atoms with Crippen molar-refractivity contribution in [1.29, 1.82) is 0 Å². The molecule has 2 aromatic rings. The van der Waals surface area contributed by atoms with E-state index in [1.165, 1.54) is 28.6 Å². The fourth-order valence-electron chi connectivity index (χ4n) is 3.45. The van der Waals surface area contributed by atoms with Crippen molar-refractivity contribution in [3.05, 3.63) is 72.8 Å². The molecular formula is C17H17N5O8S. The molecule has 0 aliphatic carbocycles. The second-order valence-electron chi connectivity index (χ2n) is 6.85. The maximum Gasteiger partial charge on any atom is 0.299 e. The van der Waals surface area contributed by atoms with Gasteiger partial charge in [0.05, 0.1) is 25.7 Å². The minimum absolute atomic E-state index is 0.0274. The molecule has 2 aromatic carbocycles. The van der Waals surface area contributed by atoms with Gasteiger partial charge in [0.25, 0.3) is 17.1 Å². The van der Waals surface area contributed by atoms with Crippen molar-refractivity contribution >= 4 is 32.8 Å². The Morgan fingerprint density at radius 1 is 0.903 bits per heavy atom. The molecule has 164 valence electrons. The zero-order valence-electron chi connectivity index (χ0n) is 16.2. The van der Waals surface area contributed by atoms with E-state index in [1.807, 2.05) is 0 Å². The second-order valence-corrected chi connectivity index (χ2v) is 8.74. The summed E-state index contributed by atoms with van der Waals surface area (Å²) in [5.41, 5.74) is -1.07. The second kappa shape index (κ2) is 8.23. The highest BCUT2D eigenvalue weighted by molar-refractivity contribution is 7.89. The molecule has 3 rings (SSSR count). The molecule has 31 heavy (non-hydrogen) atoms. The van der Waals surface area contributed by atoms with Crippen molar-refractivity contribution in [2.24, 2.45) is 0 Å². The van der Waals surface area contributed by atoms with Gasteiger partial charge in [0.2, 0.25) is 10.0 Å². The molecule has 1 aliphatic rings. The Morgan fingerprint density at radius 2 is 1.55 bits per heavy atom. The highest BCUT2D eigenvalue weighted by Gasteiger charge is 2.36. The van der Waals surface area contributed by atoms with Crippen molar-refractivity contribution in [2.45, 2.75) is 17.9 Å². The first kappa shape index (κ1) is 22.0. The summed E-state index contributed by atoms with van der Waals surface area (Å²) in [6, 6.07) is 7.39. The van der Waals surface area contributed by atoms with Gasteiger partial charge >= 0.3 is 0 Å². The van der Waals surface area contributed by atoms with Crippen LogP contribution < -0.4 is 4.90 Å². The molecule has 0 saturated carbocycles. The predicted molar refractivity (Wildman–Crippen MR) is 108 cm³/mol. The average molecular weight is 451 g/mol. The third-order valence-electron chi connectivity index (χ3n) is 4.91. The van der Waals surface area contributed by atoms with Gasteiger partial charge in [-0.05, 0) is 19.1 Å². The summed E-state index contributed by atoms with van der Waals surface area (Å²) in [4.78, 5) is 32.5. The lowest BCUT2D eigenvalue weighted by Crippen LogP contribution is -2.54. The lowest BCUT2D eigenvalue weighted by molar-refractivity contribution is -0.393. The van der Waals surface area contributed by atoms with Crippen LogP contribution in [0.3, 0.4) is 0 Å². The van der Waals surface area contributed by atoms with Crippen LogP contribution in [0.1, 0.15) is 6.92 Å². The van der Waals surface area contributed by atoms with Crippen LogP contribution in [-0.4, -0.2) is 53.2 Å². The highest BCUT2D eigenvalue weighted by Crippen LogP contribution is 2.34. The summed E-state index contributed by atoms with van der Waals surface area (Å²) in [7, 11) is -4.04. The van der Waals surface area contributed by atoms with Crippen molar-refractivity contribution < 1.29 is 23.2 Å². The van der Waals surface area contributed by atoms with E-state index in [0.717, 1.165) is 18.2 Å². The van der Waals surface area contributed by atoms with Crippen molar-refractivity contribution in [1.82, 2.24) is 4.31 Å². The average Bonchev–Trinajstić information content (AvgIpc) is 2.73. The van der Waals surface area contributed by atoms with Gasteiger partial charge < -0.3 is 4.90 Å². The molecule has 13 nitrogen and oxygen atoms in total. The normalized spacial score (nSPS) is 17.3. The number of benzene rings is 2. The van der Waals surface area contributed by atoms with Crippen molar-refractivity contribution in [2.75, 3.05) is 24.5 Å². The van der Waals surface area contributed by atoms with Crippen LogP contribution in [0.15, 0.2) is 47.4 Å². The molecule has 0 bridgehead atoms. The number of non-ortho nitro benzene ring substituents is 2. The lowest BCUT2D eigenvalue weighted by atomic mass is 10.1. The number of anilines is 1. The first-order chi connectivity index (χ1) is 14.5. The quantitative estimate of drug-likeness (QED) is 0.472. The number of sulfonamides is 1.